The van der Waals surface area contributed by atoms with E-state index in [9.17, 15) is 4.79 Å². The molecule has 1 rings (SSSR count). The normalized spacial score (nSPS) is 19.9. The lowest BCUT2D eigenvalue weighted by Crippen LogP contribution is -2.42. The molecule has 1 unspecified atom stereocenters. The maximum Gasteiger partial charge on any atom is 0.240 e. The highest BCUT2D eigenvalue weighted by atomic mass is 16.2. The second kappa shape index (κ2) is 4.84. The first-order valence-corrected chi connectivity index (χ1v) is 5.30. The molecular weight excluding hydrogens is 188 g/mol. The number of nitrogens with zero attached hydrogens (tertiary/aromatic N) is 1. The Kier molecular flexibility index (Phi) is 3.74. The van der Waals surface area contributed by atoms with Gasteiger partial charge in [-0.05, 0) is 19.8 Å². The van der Waals surface area contributed by atoms with Gasteiger partial charge in [0.1, 0.15) is 5.41 Å². The quantitative estimate of drug-likeness (QED) is 0.710. The lowest BCUT2D eigenvalue weighted by molar-refractivity contribution is -0.128. The standard InChI is InChI=1S/C12H16N2O/c1-3-6-10(2)14-11(15)12(9-13)7-4-5-8-12/h1,10H,4-8H2,2H3,(H,14,15). The smallest absolute Gasteiger partial charge is 0.240 e. The van der Waals surface area contributed by atoms with Crippen molar-refractivity contribution in [3.05, 3.63) is 0 Å². The predicted octanol–water partition coefficient (Wildman–Crippen LogP) is 1.60. The van der Waals surface area contributed by atoms with Crippen LogP contribution in [0.1, 0.15) is 39.0 Å². The van der Waals surface area contributed by atoms with E-state index in [-0.39, 0.29) is 11.9 Å². The molecule has 1 atom stereocenters. The van der Waals surface area contributed by atoms with Gasteiger partial charge in [0, 0.05) is 12.5 Å². The van der Waals surface area contributed by atoms with Crippen molar-refractivity contribution in [3.63, 3.8) is 0 Å². The number of amides is 1. The number of rotatable bonds is 3. The largest absolute Gasteiger partial charge is 0.351 e. The van der Waals surface area contributed by atoms with Crippen LogP contribution in [0.3, 0.4) is 0 Å². The molecule has 1 N–H and O–H groups in total. The van der Waals surface area contributed by atoms with Crippen molar-refractivity contribution in [1.29, 1.82) is 5.26 Å². The van der Waals surface area contributed by atoms with Crippen molar-refractivity contribution in [3.8, 4) is 18.4 Å². The van der Waals surface area contributed by atoms with Gasteiger partial charge in [0.2, 0.25) is 5.91 Å². The molecule has 0 heterocycles. The van der Waals surface area contributed by atoms with Crippen molar-refractivity contribution in [2.75, 3.05) is 0 Å². The van der Waals surface area contributed by atoms with Crippen molar-refractivity contribution >= 4 is 5.91 Å². The summed E-state index contributed by atoms with van der Waals surface area (Å²) in [7, 11) is 0. The van der Waals surface area contributed by atoms with Crippen LogP contribution in [0.25, 0.3) is 0 Å². The SMILES string of the molecule is C#CCC(C)NC(=O)C1(C#N)CCCC1. The Bertz CT molecular complexity index is 315. The maximum atomic E-state index is 11.9. The highest BCUT2D eigenvalue weighted by Gasteiger charge is 2.41. The van der Waals surface area contributed by atoms with E-state index in [0.717, 1.165) is 12.8 Å². The number of carbonyl (C=O) groups excluding carboxylic acids is 1. The summed E-state index contributed by atoms with van der Waals surface area (Å²) in [4.78, 5) is 11.9. The predicted molar refractivity (Wildman–Crippen MR) is 57.6 cm³/mol. The first kappa shape index (κ1) is 11.6. The summed E-state index contributed by atoms with van der Waals surface area (Å²) in [6.45, 7) is 1.86. The van der Waals surface area contributed by atoms with Crippen LogP contribution in [-0.2, 0) is 4.79 Å². The summed E-state index contributed by atoms with van der Waals surface area (Å²) in [6, 6.07) is 2.11. The molecule has 1 fully saturated rings. The number of carbonyl (C=O) groups is 1. The van der Waals surface area contributed by atoms with Crippen LogP contribution in [-0.4, -0.2) is 11.9 Å². The van der Waals surface area contributed by atoms with Gasteiger partial charge in [-0.2, -0.15) is 5.26 Å². The highest BCUT2D eigenvalue weighted by Crippen LogP contribution is 2.37. The van der Waals surface area contributed by atoms with Gasteiger partial charge in [-0.25, -0.2) is 0 Å². The minimum atomic E-state index is -0.789. The van der Waals surface area contributed by atoms with Crippen LogP contribution in [0.4, 0.5) is 0 Å². The Morgan fingerprint density at radius 3 is 2.67 bits per heavy atom. The Balaban J connectivity index is 2.60. The van der Waals surface area contributed by atoms with Crippen molar-refractivity contribution < 1.29 is 4.79 Å². The van der Waals surface area contributed by atoms with Crippen LogP contribution in [0, 0.1) is 29.1 Å². The average molecular weight is 204 g/mol. The van der Waals surface area contributed by atoms with Gasteiger partial charge in [-0.15, -0.1) is 12.3 Å². The molecular formula is C12H16N2O. The van der Waals surface area contributed by atoms with Crippen LogP contribution in [0.2, 0.25) is 0 Å². The molecule has 1 aliphatic carbocycles. The molecule has 0 aliphatic heterocycles. The first-order valence-electron chi connectivity index (χ1n) is 5.30. The topological polar surface area (TPSA) is 52.9 Å². The van der Waals surface area contributed by atoms with Gasteiger partial charge in [-0.3, -0.25) is 4.79 Å². The first-order chi connectivity index (χ1) is 7.14. The average Bonchev–Trinajstić information content (AvgIpc) is 2.67. The van der Waals surface area contributed by atoms with Gasteiger partial charge in [0.25, 0.3) is 0 Å². The number of hydrogen-bond acceptors (Lipinski definition) is 2. The number of terminal acetylenes is 1. The zero-order chi connectivity index (χ0) is 11.3. The number of nitriles is 1. The van der Waals surface area contributed by atoms with E-state index in [4.69, 9.17) is 11.7 Å². The van der Waals surface area contributed by atoms with Gasteiger partial charge in [0.15, 0.2) is 0 Å². The minimum Gasteiger partial charge on any atom is -0.351 e. The fourth-order valence-electron chi connectivity index (χ4n) is 1.96. The van der Waals surface area contributed by atoms with E-state index in [0.29, 0.717) is 19.3 Å². The third-order valence-corrected chi connectivity index (χ3v) is 2.91. The zero-order valence-corrected chi connectivity index (χ0v) is 9.05. The van der Waals surface area contributed by atoms with E-state index in [2.05, 4.69) is 17.3 Å². The molecule has 1 aliphatic rings. The van der Waals surface area contributed by atoms with E-state index >= 15 is 0 Å². The summed E-state index contributed by atoms with van der Waals surface area (Å²) in [6.07, 6.45) is 8.95. The molecule has 3 heteroatoms. The van der Waals surface area contributed by atoms with Crippen LogP contribution in [0.15, 0.2) is 0 Å². The molecule has 1 amide bonds. The lowest BCUT2D eigenvalue weighted by Gasteiger charge is -2.21. The van der Waals surface area contributed by atoms with Crippen LogP contribution in [0.5, 0.6) is 0 Å². The van der Waals surface area contributed by atoms with Gasteiger partial charge in [0.05, 0.1) is 6.07 Å². The third-order valence-electron chi connectivity index (χ3n) is 2.91. The molecule has 0 bridgehead atoms. The Morgan fingerprint density at radius 1 is 1.60 bits per heavy atom. The third kappa shape index (κ3) is 2.50. The monoisotopic (exact) mass is 204 g/mol. The second-order valence-electron chi connectivity index (χ2n) is 4.18. The van der Waals surface area contributed by atoms with Gasteiger partial charge >= 0.3 is 0 Å². The molecule has 80 valence electrons. The number of hydrogen-bond donors (Lipinski definition) is 1. The Morgan fingerprint density at radius 2 is 2.20 bits per heavy atom. The van der Waals surface area contributed by atoms with E-state index in [1.54, 1.807) is 0 Å². The summed E-state index contributed by atoms with van der Waals surface area (Å²) in [5, 5.41) is 11.9. The van der Waals surface area contributed by atoms with E-state index < -0.39 is 5.41 Å². The summed E-state index contributed by atoms with van der Waals surface area (Å²) < 4.78 is 0. The molecule has 0 radical (unpaired) electrons. The Hall–Kier alpha value is -1.48. The summed E-state index contributed by atoms with van der Waals surface area (Å²) >= 11 is 0. The molecule has 15 heavy (non-hydrogen) atoms. The summed E-state index contributed by atoms with van der Waals surface area (Å²) in [5.41, 5.74) is -0.789. The van der Waals surface area contributed by atoms with Crippen LogP contribution < -0.4 is 5.32 Å². The fraction of sp³-hybridized carbons (Fsp3) is 0.667. The van der Waals surface area contributed by atoms with Gasteiger partial charge < -0.3 is 5.32 Å². The fourth-order valence-corrected chi connectivity index (χ4v) is 1.96. The zero-order valence-electron chi connectivity index (χ0n) is 9.05. The second-order valence-corrected chi connectivity index (χ2v) is 4.18. The number of nitrogens with one attached hydrogen (secondary N) is 1. The molecule has 0 aromatic carbocycles. The van der Waals surface area contributed by atoms with Crippen molar-refractivity contribution in [2.24, 2.45) is 5.41 Å². The van der Waals surface area contributed by atoms with E-state index in [1.165, 1.54) is 0 Å². The molecule has 1 saturated carbocycles. The molecule has 0 aromatic rings. The molecule has 0 aromatic heterocycles. The maximum absolute atomic E-state index is 11.9. The van der Waals surface area contributed by atoms with Gasteiger partial charge in [-0.1, -0.05) is 12.8 Å². The Labute approximate surface area is 90.9 Å². The summed E-state index contributed by atoms with van der Waals surface area (Å²) in [5.74, 6) is 2.35. The lowest BCUT2D eigenvalue weighted by atomic mass is 9.87. The minimum absolute atomic E-state index is 0.0478. The van der Waals surface area contributed by atoms with Crippen LogP contribution >= 0.6 is 0 Å². The van der Waals surface area contributed by atoms with Crippen molar-refractivity contribution in [2.45, 2.75) is 45.1 Å². The molecule has 3 nitrogen and oxygen atoms in total. The van der Waals surface area contributed by atoms with E-state index in [1.807, 2.05) is 6.92 Å². The molecule has 0 saturated heterocycles. The highest BCUT2D eigenvalue weighted by molar-refractivity contribution is 5.85. The molecule has 0 spiro atoms. The van der Waals surface area contributed by atoms with Crippen molar-refractivity contribution in [1.82, 2.24) is 5.32 Å².